The van der Waals surface area contributed by atoms with Gasteiger partial charge < -0.3 is 20.1 Å². The SMILES string of the molecule is COc1ccc([C@H]2CCN(C(=O)OC(C)(C)C)C[C@@H]2N)cc1. The number of carbonyl (C=O) groups excluding carboxylic acids is 1. The van der Waals surface area contributed by atoms with Crippen LogP contribution in [0.3, 0.4) is 0 Å². The van der Waals surface area contributed by atoms with Crippen LogP contribution in [0.1, 0.15) is 38.7 Å². The molecule has 0 spiro atoms. The number of rotatable bonds is 2. The quantitative estimate of drug-likeness (QED) is 0.912. The molecular weight excluding hydrogens is 280 g/mol. The fraction of sp³-hybridized carbons (Fsp3) is 0.588. The molecule has 0 saturated carbocycles. The molecule has 0 aromatic heterocycles. The third-order valence-electron chi connectivity index (χ3n) is 3.85. The molecule has 22 heavy (non-hydrogen) atoms. The van der Waals surface area contributed by atoms with Crippen LogP contribution in [0.25, 0.3) is 0 Å². The van der Waals surface area contributed by atoms with Gasteiger partial charge in [0.15, 0.2) is 0 Å². The summed E-state index contributed by atoms with van der Waals surface area (Å²) in [4.78, 5) is 13.8. The predicted octanol–water partition coefficient (Wildman–Crippen LogP) is 2.75. The first-order valence-electron chi connectivity index (χ1n) is 7.67. The Labute approximate surface area is 132 Å². The molecule has 122 valence electrons. The largest absolute Gasteiger partial charge is 0.497 e. The highest BCUT2D eigenvalue weighted by Crippen LogP contribution is 2.29. The molecule has 2 atom stereocenters. The highest BCUT2D eigenvalue weighted by molar-refractivity contribution is 5.68. The van der Waals surface area contributed by atoms with Gasteiger partial charge in [-0.1, -0.05) is 12.1 Å². The Morgan fingerprint density at radius 1 is 1.27 bits per heavy atom. The van der Waals surface area contributed by atoms with Gasteiger partial charge in [-0.3, -0.25) is 0 Å². The average Bonchev–Trinajstić information content (AvgIpc) is 2.45. The molecule has 0 radical (unpaired) electrons. The minimum atomic E-state index is -0.478. The summed E-state index contributed by atoms with van der Waals surface area (Å²) >= 11 is 0. The van der Waals surface area contributed by atoms with Crippen molar-refractivity contribution in [2.75, 3.05) is 20.2 Å². The number of nitrogens with zero attached hydrogens (tertiary/aromatic N) is 1. The van der Waals surface area contributed by atoms with Crippen molar-refractivity contribution in [3.8, 4) is 5.75 Å². The van der Waals surface area contributed by atoms with Crippen molar-refractivity contribution in [1.82, 2.24) is 4.90 Å². The summed E-state index contributed by atoms with van der Waals surface area (Å²) in [6.07, 6.45) is 0.559. The van der Waals surface area contributed by atoms with Crippen molar-refractivity contribution in [1.29, 1.82) is 0 Å². The molecule has 1 aromatic carbocycles. The highest BCUT2D eigenvalue weighted by Gasteiger charge is 2.32. The van der Waals surface area contributed by atoms with Crippen LogP contribution in [0.2, 0.25) is 0 Å². The van der Waals surface area contributed by atoms with E-state index in [1.165, 1.54) is 5.56 Å². The summed E-state index contributed by atoms with van der Waals surface area (Å²) in [5.74, 6) is 1.09. The zero-order valence-electron chi connectivity index (χ0n) is 13.8. The van der Waals surface area contributed by atoms with Crippen LogP contribution in [0.15, 0.2) is 24.3 Å². The van der Waals surface area contributed by atoms with Crippen molar-refractivity contribution in [3.63, 3.8) is 0 Å². The van der Waals surface area contributed by atoms with Crippen LogP contribution in [0.4, 0.5) is 4.79 Å². The Balaban J connectivity index is 1.98. The van der Waals surface area contributed by atoms with E-state index in [-0.39, 0.29) is 18.1 Å². The second kappa shape index (κ2) is 6.57. The summed E-state index contributed by atoms with van der Waals surface area (Å²) in [5, 5.41) is 0. The second-order valence-corrected chi connectivity index (χ2v) is 6.76. The first-order chi connectivity index (χ1) is 10.3. The minimum absolute atomic E-state index is 0.0883. The zero-order chi connectivity index (χ0) is 16.3. The molecular formula is C17H26N2O3. The van der Waals surface area contributed by atoms with E-state index in [4.69, 9.17) is 15.2 Å². The number of ether oxygens (including phenoxy) is 2. The monoisotopic (exact) mass is 306 g/mol. The molecule has 5 nitrogen and oxygen atoms in total. The second-order valence-electron chi connectivity index (χ2n) is 6.76. The summed E-state index contributed by atoms with van der Waals surface area (Å²) in [5.41, 5.74) is 7.01. The maximum atomic E-state index is 12.1. The summed E-state index contributed by atoms with van der Waals surface area (Å²) in [6.45, 7) is 6.80. The van der Waals surface area contributed by atoms with E-state index in [1.54, 1.807) is 12.0 Å². The number of benzene rings is 1. The molecule has 1 heterocycles. The van der Waals surface area contributed by atoms with Crippen LogP contribution < -0.4 is 10.5 Å². The molecule has 1 saturated heterocycles. The third-order valence-corrected chi connectivity index (χ3v) is 3.85. The fourth-order valence-electron chi connectivity index (χ4n) is 2.74. The molecule has 0 aliphatic carbocycles. The maximum absolute atomic E-state index is 12.1. The Kier molecular flexibility index (Phi) is 4.96. The van der Waals surface area contributed by atoms with Crippen LogP contribution in [0.5, 0.6) is 5.75 Å². The number of likely N-dealkylation sites (tertiary alicyclic amines) is 1. The van der Waals surface area contributed by atoms with Crippen molar-refractivity contribution >= 4 is 6.09 Å². The van der Waals surface area contributed by atoms with Gasteiger partial charge in [0.2, 0.25) is 0 Å². The highest BCUT2D eigenvalue weighted by atomic mass is 16.6. The predicted molar refractivity (Wildman–Crippen MR) is 86.1 cm³/mol. The first kappa shape index (κ1) is 16.6. The molecule has 2 N–H and O–H groups in total. The van der Waals surface area contributed by atoms with Gasteiger partial charge >= 0.3 is 6.09 Å². The molecule has 0 unspecified atom stereocenters. The number of piperidine rings is 1. The lowest BCUT2D eigenvalue weighted by Crippen LogP contribution is -2.50. The average molecular weight is 306 g/mol. The van der Waals surface area contributed by atoms with E-state index < -0.39 is 5.60 Å². The molecule has 1 aliphatic rings. The Morgan fingerprint density at radius 2 is 1.91 bits per heavy atom. The zero-order valence-corrected chi connectivity index (χ0v) is 13.8. The number of methoxy groups -OCH3 is 1. The van der Waals surface area contributed by atoms with Gasteiger partial charge in [-0.2, -0.15) is 0 Å². The fourth-order valence-corrected chi connectivity index (χ4v) is 2.74. The van der Waals surface area contributed by atoms with Crippen LogP contribution in [0, 0.1) is 0 Å². The number of nitrogens with two attached hydrogens (primary N) is 1. The Bertz CT molecular complexity index is 508. The molecule has 0 bridgehead atoms. The van der Waals surface area contributed by atoms with E-state index >= 15 is 0 Å². The van der Waals surface area contributed by atoms with E-state index in [1.807, 2.05) is 45.0 Å². The lowest BCUT2D eigenvalue weighted by molar-refractivity contribution is 0.0186. The lowest BCUT2D eigenvalue weighted by Gasteiger charge is -2.37. The molecule has 1 aromatic rings. The number of hydrogen-bond donors (Lipinski definition) is 1. The van der Waals surface area contributed by atoms with E-state index in [9.17, 15) is 4.79 Å². The van der Waals surface area contributed by atoms with Crippen molar-refractivity contribution in [3.05, 3.63) is 29.8 Å². The normalized spacial score (nSPS) is 22.3. The van der Waals surface area contributed by atoms with Crippen molar-refractivity contribution < 1.29 is 14.3 Å². The van der Waals surface area contributed by atoms with Gasteiger partial charge in [0.05, 0.1) is 7.11 Å². The van der Waals surface area contributed by atoms with Crippen molar-refractivity contribution in [2.45, 2.75) is 44.8 Å². The standard InChI is InChI=1S/C17H26N2O3/c1-17(2,3)22-16(20)19-10-9-14(15(18)11-19)12-5-7-13(21-4)8-6-12/h5-8,14-15H,9-11,18H2,1-4H3/t14-,15+/m1/s1. The van der Waals surface area contributed by atoms with Gasteiger partial charge in [-0.25, -0.2) is 4.79 Å². The number of amides is 1. The number of hydrogen-bond acceptors (Lipinski definition) is 4. The lowest BCUT2D eigenvalue weighted by atomic mass is 9.86. The molecule has 1 aliphatic heterocycles. The molecule has 1 fully saturated rings. The van der Waals surface area contributed by atoms with Gasteiger partial charge in [-0.15, -0.1) is 0 Å². The summed E-state index contributed by atoms with van der Waals surface area (Å²) in [6, 6.07) is 7.90. The Hall–Kier alpha value is -1.75. The van der Waals surface area contributed by atoms with Gasteiger partial charge in [-0.05, 0) is 44.9 Å². The smallest absolute Gasteiger partial charge is 0.410 e. The van der Waals surface area contributed by atoms with Crippen LogP contribution in [-0.2, 0) is 4.74 Å². The summed E-state index contributed by atoms with van der Waals surface area (Å²) in [7, 11) is 1.65. The maximum Gasteiger partial charge on any atom is 0.410 e. The van der Waals surface area contributed by atoms with Crippen LogP contribution >= 0.6 is 0 Å². The molecule has 1 amide bonds. The van der Waals surface area contributed by atoms with Gasteiger partial charge in [0, 0.05) is 25.0 Å². The van der Waals surface area contributed by atoms with E-state index in [0.29, 0.717) is 13.1 Å². The Morgan fingerprint density at radius 3 is 2.41 bits per heavy atom. The van der Waals surface area contributed by atoms with E-state index in [2.05, 4.69) is 0 Å². The third kappa shape index (κ3) is 4.13. The topological polar surface area (TPSA) is 64.8 Å². The molecule has 2 rings (SSSR count). The summed E-state index contributed by atoms with van der Waals surface area (Å²) < 4.78 is 10.6. The van der Waals surface area contributed by atoms with E-state index in [0.717, 1.165) is 12.2 Å². The first-order valence-corrected chi connectivity index (χ1v) is 7.67. The van der Waals surface area contributed by atoms with Gasteiger partial charge in [0.25, 0.3) is 0 Å². The molecule has 5 heteroatoms. The van der Waals surface area contributed by atoms with Gasteiger partial charge in [0.1, 0.15) is 11.4 Å². The number of carbonyl (C=O) groups is 1. The van der Waals surface area contributed by atoms with Crippen LogP contribution in [-0.4, -0.2) is 42.8 Å². The minimum Gasteiger partial charge on any atom is -0.497 e. The van der Waals surface area contributed by atoms with Crippen molar-refractivity contribution in [2.24, 2.45) is 5.73 Å².